The minimum atomic E-state index is -0.700. The van der Waals surface area contributed by atoms with Crippen molar-refractivity contribution in [2.24, 2.45) is 0 Å². The molecule has 0 atom stereocenters. The molecule has 1 aliphatic heterocycles. The Morgan fingerprint density at radius 1 is 0.886 bits per heavy atom. The van der Waals surface area contributed by atoms with Gasteiger partial charge in [-0.25, -0.2) is 8.78 Å². The number of nitrogens with one attached hydrogen (secondary N) is 2. The fraction of sp³-hybridized carbons (Fsp3) is 0.182. The van der Waals surface area contributed by atoms with Crippen molar-refractivity contribution in [3.63, 3.8) is 0 Å². The maximum Gasteiger partial charge on any atom is 0.233 e. The van der Waals surface area contributed by atoms with Gasteiger partial charge in [-0.3, -0.25) is 19.5 Å². The zero-order valence-corrected chi connectivity index (χ0v) is 24.3. The van der Waals surface area contributed by atoms with Gasteiger partial charge in [0.15, 0.2) is 11.6 Å². The van der Waals surface area contributed by atoms with E-state index in [2.05, 4.69) is 38.7 Å². The zero-order chi connectivity index (χ0) is 30.5. The summed E-state index contributed by atoms with van der Waals surface area (Å²) in [7, 11) is 0. The molecule has 3 heterocycles. The van der Waals surface area contributed by atoms with Crippen LogP contribution in [0.5, 0.6) is 11.5 Å². The third-order valence-electron chi connectivity index (χ3n) is 7.00. The highest BCUT2D eigenvalue weighted by Crippen LogP contribution is 2.40. The number of carbonyl (C=O) groups excluding carboxylic acids is 2. The van der Waals surface area contributed by atoms with Gasteiger partial charge in [0.1, 0.15) is 18.0 Å². The largest absolute Gasteiger partial charge is 0.453 e. The molecule has 11 heteroatoms. The molecular formula is C33H28F2N4O4S. The number of rotatable bonds is 9. The van der Waals surface area contributed by atoms with Crippen LogP contribution < -0.4 is 15.4 Å². The van der Waals surface area contributed by atoms with E-state index in [0.29, 0.717) is 5.75 Å². The minimum absolute atomic E-state index is 0.0294. The number of nitrogens with zero attached hydrogens (tertiary/aromatic N) is 2. The molecule has 0 aliphatic carbocycles. The van der Waals surface area contributed by atoms with Gasteiger partial charge in [-0.15, -0.1) is 11.3 Å². The predicted molar refractivity (Wildman–Crippen MR) is 166 cm³/mol. The lowest BCUT2D eigenvalue weighted by molar-refractivity contribution is -0.123. The number of morpholine rings is 1. The van der Waals surface area contributed by atoms with E-state index < -0.39 is 29.9 Å². The van der Waals surface area contributed by atoms with E-state index in [1.54, 1.807) is 18.3 Å². The summed E-state index contributed by atoms with van der Waals surface area (Å²) in [5, 5.41) is 4.82. The highest BCUT2D eigenvalue weighted by Gasteiger charge is 2.16. The van der Waals surface area contributed by atoms with Crippen LogP contribution in [0, 0.1) is 11.6 Å². The summed E-state index contributed by atoms with van der Waals surface area (Å²) in [6.07, 6.45) is 1.04. The molecule has 1 fully saturated rings. The van der Waals surface area contributed by atoms with Crippen LogP contribution in [0.15, 0.2) is 85.1 Å². The molecule has 224 valence electrons. The number of hydrogen-bond acceptors (Lipinski definition) is 7. The number of aromatic nitrogens is 1. The van der Waals surface area contributed by atoms with Crippen molar-refractivity contribution in [3.8, 4) is 21.9 Å². The van der Waals surface area contributed by atoms with Gasteiger partial charge in [-0.1, -0.05) is 30.3 Å². The molecule has 2 N–H and O–H groups in total. The fourth-order valence-corrected chi connectivity index (χ4v) is 5.93. The topological polar surface area (TPSA) is 92.8 Å². The van der Waals surface area contributed by atoms with Crippen molar-refractivity contribution in [3.05, 3.63) is 102 Å². The first-order valence-electron chi connectivity index (χ1n) is 14.0. The molecule has 2 aromatic heterocycles. The van der Waals surface area contributed by atoms with Gasteiger partial charge in [0.05, 0.1) is 29.1 Å². The maximum absolute atomic E-state index is 15.1. The van der Waals surface area contributed by atoms with Gasteiger partial charge in [-0.2, -0.15) is 0 Å². The minimum Gasteiger partial charge on any atom is -0.453 e. The molecule has 8 nitrogen and oxygen atoms in total. The van der Waals surface area contributed by atoms with Gasteiger partial charge in [-0.05, 0) is 47.5 Å². The van der Waals surface area contributed by atoms with Crippen LogP contribution in [0.1, 0.15) is 12.0 Å². The van der Waals surface area contributed by atoms with E-state index in [9.17, 15) is 14.0 Å². The summed E-state index contributed by atoms with van der Waals surface area (Å²) in [5.74, 6) is -2.27. The fourth-order valence-electron chi connectivity index (χ4n) is 4.87. The number of thiophene rings is 1. The van der Waals surface area contributed by atoms with Gasteiger partial charge < -0.3 is 20.1 Å². The van der Waals surface area contributed by atoms with Crippen LogP contribution in [0.3, 0.4) is 0 Å². The van der Waals surface area contributed by atoms with Crippen LogP contribution in [-0.2, 0) is 20.9 Å². The highest BCUT2D eigenvalue weighted by atomic mass is 32.1. The Hall–Kier alpha value is -4.71. The van der Waals surface area contributed by atoms with Gasteiger partial charge in [0.25, 0.3) is 0 Å². The Morgan fingerprint density at radius 3 is 2.52 bits per heavy atom. The predicted octanol–water partition coefficient (Wildman–Crippen LogP) is 6.83. The average molecular weight is 615 g/mol. The molecule has 3 aromatic carbocycles. The second-order valence-corrected chi connectivity index (χ2v) is 11.3. The van der Waals surface area contributed by atoms with Crippen LogP contribution >= 0.6 is 11.3 Å². The Bertz CT molecular complexity index is 1820. The molecular weight excluding hydrogens is 586 g/mol. The number of ether oxygens (including phenoxy) is 2. The van der Waals surface area contributed by atoms with Crippen molar-refractivity contribution in [2.75, 3.05) is 36.9 Å². The molecule has 6 rings (SSSR count). The number of anilines is 2. The number of benzene rings is 3. The standard InChI is InChI=1S/C33H28F2N4O4S/c34-24-6-1-2-7-26(24)38-32(41)19-31(40)37-23-8-9-28(25(35)17-23)43-29-10-11-36-27-18-30(44-33(27)29)22-5-3-4-21(16-22)20-39-12-14-42-15-13-39/h1-11,16-18H,12-15,19-20H2,(H,37,40)(H,38,41). The third kappa shape index (κ3) is 7.08. The lowest BCUT2D eigenvalue weighted by Crippen LogP contribution is -2.35. The number of halogens is 2. The molecule has 1 aliphatic rings. The molecule has 0 bridgehead atoms. The highest BCUT2D eigenvalue weighted by molar-refractivity contribution is 7.22. The van der Waals surface area contributed by atoms with E-state index in [-0.39, 0.29) is 17.1 Å². The first-order valence-corrected chi connectivity index (χ1v) is 14.8. The first kappa shape index (κ1) is 29.4. The van der Waals surface area contributed by atoms with Gasteiger partial charge in [0, 0.05) is 48.5 Å². The molecule has 0 saturated carbocycles. The lowest BCUT2D eigenvalue weighted by atomic mass is 10.1. The lowest BCUT2D eigenvalue weighted by Gasteiger charge is -2.26. The van der Waals surface area contributed by atoms with Crippen LogP contribution in [0.4, 0.5) is 20.2 Å². The van der Waals surface area contributed by atoms with Crippen LogP contribution in [0.25, 0.3) is 20.7 Å². The number of hydrogen-bond donors (Lipinski definition) is 2. The summed E-state index contributed by atoms with van der Waals surface area (Å²) in [4.78, 5) is 32.4. The van der Waals surface area contributed by atoms with E-state index in [4.69, 9.17) is 9.47 Å². The van der Waals surface area contributed by atoms with E-state index in [1.165, 1.54) is 47.2 Å². The number of fused-ring (bicyclic) bond motifs is 1. The smallest absolute Gasteiger partial charge is 0.233 e. The number of carbonyl (C=O) groups is 2. The molecule has 0 radical (unpaired) electrons. The van der Waals surface area contributed by atoms with E-state index in [1.807, 2.05) is 12.1 Å². The summed E-state index contributed by atoms with van der Waals surface area (Å²) in [6, 6.07) is 21.7. The quantitative estimate of drug-likeness (QED) is 0.177. The van der Waals surface area contributed by atoms with Crippen molar-refractivity contribution >= 4 is 44.7 Å². The molecule has 2 amide bonds. The monoisotopic (exact) mass is 614 g/mol. The second-order valence-electron chi connectivity index (χ2n) is 10.2. The number of amides is 2. The van der Waals surface area contributed by atoms with Crippen LogP contribution in [0.2, 0.25) is 0 Å². The van der Waals surface area contributed by atoms with E-state index >= 15 is 4.39 Å². The van der Waals surface area contributed by atoms with Crippen molar-refractivity contribution in [1.82, 2.24) is 9.88 Å². The van der Waals surface area contributed by atoms with Crippen molar-refractivity contribution in [2.45, 2.75) is 13.0 Å². The number of para-hydroxylation sites is 1. The summed E-state index contributed by atoms with van der Waals surface area (Å²) < 4.78 is 41.0. The third-order valence-corrected chi connectivity index (χ3v) is 8.19. The molecule has 1 saturated heterocycles. The van der Waals surface area contributed by atoms with Crippen molar-refractivity contribution in [1.29, 1.82) is 0 Å². The summed E-state index contributed by atoms with van der Waals surface area (Å²) in [5.41, 5.74) is 3.14. The number of pyridine rings is 1. The Balaban J connectivity index is 1.12. The normalized spacial score (nSPS) is 13.5. The van der Waals surface area contributed by atoms with Crippen LogP contribution in [-0.4, -0.2) is 48.0 Å². The maximum atomic E-state index is 15.1. The van der Waals surface area contributed by atoms with Gasteiger partial charge >= 0.3 is 0 Å². The molecule has 0 unspecified atom stereocenters. The van der Waals surface area contributed by atoms with Gasteiger partial charge in [0.2, 0.25) is 11.8 Å². The SMILES string of the molecule is O=C(CC(=O)Nc1ccccc1F)Nc1ccc(Oc2ccnc3cc(-c4cccc(CN5CCOCC5)c4)sc23)c(F)c1. The van der Waals surface area contributed by atoms with Crippen molar-refractivity contribution < 1.29 is 27.8 Å². The zero-order valence-electron chi connectivity index (χ0n) is 23.5. The average Bonchev–Trinajstić information content (AvgIpc) is 3.46. The molecule has 5 aromatic rings. The second kappa shape index (κ2) is 13.3. The first-order chi connectivity index (χ1) is 21.4. The van der Waals surface area contributed by atoms with E-state index in [0.717, 1.165) is 59.6 Å². The summed E-state index contributed by atoms with van der Waals surface area (Å²) in [6.45, 7) is 4.18. The molecule has 0 spiro atoms. The molecule has 44 heavy (non-hydrogen) atoms. The Kier molecular flexibility index (Phi) is 8.87. The Morgan fingerprint density at radius 2 is 1.70 bits per heavy atom. The summed E-state index contributed by atoms with van der Waals surface area (Å²) >= 11 is 1.51. The Labute approximate surface area is 256 Å².